The summed E-state index contributed by atoms with van der Waals surface area (Å²) in [7, 11) is 0. The molecule has 4 nitrogen and oxygen atoms in total. The average Bonchev–Trinajstić information content (AvgIpc) is 2.60. The minimum atomic E-state index is -0.808. The first kappa shape index (κ1) is 15.8. The van der Waals surface area contributed by atoms with E-state index in [-0.39, 0.29) is 5.56 Å². The van der Waals surface area contributed by atoms with Crippen molar-refractivity contribution in [2.75, 3.05) is 0 Å². The summed E-state index contributed by atoms with van der Waals surface area (Å²) in [4.78, 5) is 24.7. The van der Waals surface area contributed by atoms with Crippen LogP contribution in [0.4, 0.5) is 0 Å². The van der Waals surface area contributed by atoms with Gasteiger partial charge in [-0.2, -0.15) is 0 Å². The number of rotatable bonds is 3. The second-order valence-corrected chi connectivity index (χ2v) is 5.93. The minimum absolute atomic E-state index is 0.0474. The minimum Gasteiger partial charge on any atom is -0.422 e. The number of terminal acetylenes is 1. The molecule has 0 radical (unpaired) electrons. The average molecular weight is 319 g/mol. The molecule has 1 heterocycles. The molecule has 1 atom stereocenters. The molecule has 3 aromatic rings. The van der Waals surface area contributed by atoms with Crippen LogP contribution in [-0.4, -0.2) is 11.4 Å². The van der Waals surface area contributed by atoms with Gasteiger partial charge in [0.05, 0.1) is 5.54 Å². The van der Waals surface area contributed by atoms with Gasteiger partial charge >= 0.3 is 5.63 Å². The van der Waals surface area contributed by atoms with E-state index in [0.29, 0.717) is 12.0 Å². The zero-order valence-corrected chi connectivity index (χ0v) is 13.6. The molecule has 1 aromatic heterocycles. The number of benzene rings is 2. The van der Waals surface area contributed by atoms with Gasteiger partial charge in [0.1, 0.15) is 11.1 Å². The summed E-state index contributed by atoms with van der Waals surface area (Å²) in [5.74, 6) is 2.02. The Morgan fingerprint density at radius 2 is 2.00 bits per heavy atom. The fourth-order valence-corrected chi connectivity index (χ4v) is 2.57. The fourth-order valence-electron chi connectivity index (χ4n) is 2.57. The lowest BCUT2D eigenvalue weighted by molar-refractivity contribution is 0.0920. The Labute approximate surface area is 139 Å². The molecule has 1 unspecified atom stereocenters. The molecule has 24 heavy (non-hydrogen) atoms. The van der Waals surface area contributed by atoms with Gasteiger partial charge in [-0.05, 0) is 36.2 Å². The number of hydrogen-bond donors (Lipinski definition) is 1. The Balaban J connectivity index is 2.17. The number of carbonyl (C=O) groups excluding carboxylic acids is 1. The highest BCUT2D eigenvalue weighted by Gasteiger charge is 2.24. The number of nitrogens with one attached hydrogen (secondary N) is 1. The van der Waals surface area contributed by atoms with E-state index < -0.39 is 17.1 Å². The van der Waals surface area contributed by atoms with Crippen molar-refractivity contribution in [3.05, 3.63) is 58.4 Å². The number of fused-ring (bicyclic) bond motifs is 3. The third-order valence-corrected chi connectivity index (χ3v) is 4.30. The Bertz CT molecular complexity index is 1040. The summed E-state index contributed by atoms with van der Waals surface area (Å²) in [5, 5.41) is 5.37. The van der Waals surface area contributed by atoms with Crippen LogP contribution in [0.15, 0.2) is 51.7 Å². The van der Waals surface area contributed by atoms with Crippen molar-refractivity contribution >= 4 is 27.6 Å². The Morgan fingerprint density at radius 3 is 2.71 bits per heavy atom. The van der Waals surface area contributed by atoms with E-state index in [9.17, 15) is 9.59 Å². The van der Waals surface area contributed by atoms with E-state index in [0.717, 1.165) is 16.2 Å². The third-order valence-electron chi connectivity index (χ3n) is 4.30. The zero-order valence-electron chi connectivity index (χ0n) is 13.6. The van der Waals surface area contributed by atoms with Crippen LogP contribution in [0.3, 0.4) is 0 Å². The summed E-state index contributed by atoms with van der Waals surface area (Å²) in [5.41, 5.74) is -1.08. The highest BCUT2D eigenvalue weighted by Crippen LogP contribution is 2.25. The van der Waals surface area contributed by atoms with Crippen molar-refractivity contribution in [3.63, 3.8) is 0 Å². The van der Waals surface area contributed by atoms with Gasteiger partial charge in [-0.15, -0.1) is 6.42 Å². The quantitative estimate of drug-likeness (QED) is 0.457. The van der Waals surface area contributed by atoms with Crippen molar-refractivity contribution in [3.8, 4) is 12.3 Å². The molecule has 0 bridgehead atoms. The zero-order chi connectivity index (χ0) is 17.3. The molecule has 4 heteroatoms. The number of amides is 1. The lowest BCUT2D eigenvalue weighted by atomic mass is 9.99. The molecule has 0 saturated carbocycles. The van der Waals surface area contributed by atoms with E-state index >= 15 is 0 Å². The van der Waals surface area contributed by atoms with Gasteiger partial charge in [0.15, 0.2) is 0 Å². The van der Waals surface area contributed by atoms with E-state index in [4.69, 9.17) is 10.8 Å². The first-order valence-corrected chi connectivity index (χ1v) is 7.73. The molecule has 0 aliphatic heterocycles. The van der Waals surface area contributed by atoms with Crippen molar-refractivity contribution < 1.29 is 9.21 Å². The molecule has 0 saturated heterocycles. The molecule has 3 rings (SSSR count). The first-order chi connectivity index (χ1) is 11.5. The van der Waals surface area contributed by atoms with Crippen molar-refractivity contribution in [1.82, 2.24) is 5.32 Å². The second kappa shape index (κ2) is 5.86. The first-order valence-electron chi connectivity index (χ1n) is 7.73. The molecule has 0 fully saturated rings. The van der Waals surface area contributed by atoms with E-state index in [1.54, 1.807) is 19.1 Å². The maximum Gasteiger partial charge on any atom is 0.349 e. The van der Waals surface area contributed by atoms with Crippen LogP contribution in [0, 0.1) is 12.3 Å². The largest absolute Gasteiger partial charge is 0.422 e. The van der Waals surface area contributed by atoms with Gasteiger partial charge < -0.3 is 9.73 Å². The van der Waals surface area contributed by atoms with Crippen LogP contribution < -0.4 is 10.9 Å². The molecule has 120 valence electrons. The van der Waals surface area contributed by atoms with Gasteiger partial charge in [-0.1, -0.05) is 43.2 Å². The smallest absolute Gasteiger partial charge is 0.349 e. The molecule has 1 amide bonds. The topological polar surface area (TPSA) is 59.3 Å². The number of hydrogen-bond acceptors (Lipinski definition) is 3. The van der Waals surface area contributed by atoms with E-state index in [2.05, 4.69) is 11.2 Å². The summed E-state index contributed by atoms with van der Waals surface area (Å²) >= 11 is 0. The van der Waals surface area contributed by atoms with Crippen molar-refractivity contribution in [1.29, 1.82) is 0 Å². The van der Waals surface area contributed by atoms with Crippen LogP contribution in [0.25, 0.3) is 21.7 Å². The van der Waals surface area contributed by atoms with Crippen LogP contribution in [0.2, 0.25) is 0 Å². The molecular weight excluding hydrogens is 302 g/mol. The van der Waals surface area contributed by atoms with Gasteiger partial charge in [0, 0.05) is 5.39 Å². The summed E-state index contributed by atoms with van der Waals surface area (Å²) in [6, 6.07) is 12.9. The standard InChI is InChI=1S/C20H17NO3/c1-4-20(3,5-2)21-18(22)16-12-15-14-9-7-6-8-13(14)10-11-17(15)24-19(16)23/h1,6-12H,5H2,2-3H3,(H,21,22). The Hall–Kier alpha value is -3.06. The fraction of sp³-hybridized carbons (Fsp3) is 0.200. The van der Waals surface area contributed by atoms with Crippen molar-refractivity contribution in [2.24, 2.45) is 0 Å². The predicted molar refractivity (Wildman–Crippen MR) is 95.0 cm³/mol. The van der Waals surface area contributed by atoms with Gasteiger partial charge in [0.25, 0.3) is 5.91 Å². The van der Waals surface area contributed by atoms with Crippen molar-refractivity contribution in [2.45, 2.75) is 25.8 Å². The van der Waals surface area contributed by atoms with E-state index in [1.165, 1.54) is 0 Å². The second-order valence-electron chi connectivity index (χ2n) is 5.93. The maximum atomic E-state index is 12.5. The molecule has 0 aliphatic carbocycles. The van der Waals surface area contributed by atoms with Crippen LogP contribution in [0.1, 0.15) is 30.6 Å². The predicted octanol–water partition coefficient (Wildman–Crippen LogP) is 3.48. The third kappa shape index (κ3) is 2.65. The Morgan fingerprint density at radius 1 is 1.25 bits per heavy atom. The lowest BCUT2D eigenvalue weighted by Crippen LogP contribution is -2.45. The molecule has 0 aliphatic rings. The molecular formula is C20H17NO3. The number of carbonyl (C=O) groups is 1. The monoisotopic (exact) mass is 319 g/mol. The highest BCUT2D eigenvalue weighted by molar-refractivity contribution is 6.08. The van der Waals surface area contributed by atoms with Gasteiger partial charge in [-0.3, -0.25) is 4.79 Å². The van der Waals surface area contributed by atoms with Crippen LogP contribution >= 0.6 is 0 Å². The summed E-state index contributed by atoms with van der Waals surface area (Å²) in [6.45, 7) is 3.61. The van der Waals surface area contributed by atoms with Crippen LogP contribution in [-0.2, 0) is 0 Å². The molecule has 2 aromatic carbocycles. The summed E-state index contributed by atoms with van der Waals surface area (Å²) < 4.78 is 5.34. The van der Waals surface area contributed by atoms with Gasteiger partial charge in [0.2, 0.25) is 0 Å². The maximum absolute atomic E-state index is 12.5. The normalized spacial score (nSPS) is 13.4. The molecule has 1 N–H and O–H groups in total. The van der Waals surface area contributed by atoms with Crippen LogP contribution in [0.5, 0.6) is 0 Å². The summed E-state index contributed by atoms with van der Waals surface area (Å²) in [6.07, 6.45) is 6.03. The van der Waals surface area contributed by atoms with E-state index in [1.807, 2.05) is 37.3 Å². The highest BCUT2D eigenvalue weighted by atomic mass is 16.4. The lowest BCUT2D eigenvalue weighted by Gasteiger charge is -2.23. The van der Waals surface area contributed by atoms with Gasteiger partial charge in [-0.25, -0.2) is 4.79 Å². The SMILES string of the molecule is C#CC(C)(CC)NC(=O)c1cc2c(ccc3ccccc32)oc1=O. The molecule has 0 spiro atoms. The Kier molecular flexibility index (Phi) is 3.86.